The second kappa shape index (κ2) is 11.6. The predicted octanol–water partition coefficient (Wildman–Crippen LogP) is 2.49. The smallest absolute Gasteiger partial charge is 0.333 e. The molecule has 0 aromatic rings. The van der Waals surface area contributed by atoms with E-state index in [1.165, 1.54) is 18.9 Å². The molecule has 1 fully saturated rings. The van der Waals surface area contributed by atoms with Crippen LogP contribution in [0.4, 0.5) is 0 Å². The molecule has 0 bridgehead atoms. The molecular formula is C19H30N2O7S2. The maximum absolute atomic E-state index is 12.1. The molecule has 3 amide bonds. The lowest BCUT2D eigenvalue weighted by atomic mass is 10.1. The highest BCUT2D eigenvalue weighted by Gasteiger charge is 2.38. The van der Waals surface area contributed by atoms with Crippen LogP contribution < -0.4 is 0 Å². The molecular weight excluding hydrogens is 432 g/mol. The number of carboxylic acid groups (broad SMARTS) is 1. The van der Waals surface area contributed by atoms with Crippen LogP contribution in [0.3, 0.4) is 0 Å². The van der Waals surface area contributed by atoms with E-state index in [0.717, 1.165) is 0 Å². The van der Waals surface area contributed by atoms with Crippen molar-refractivity contribution in [1.29, 1.82) is 0 Å². The lowest BCUT2D eigenvalue weighted by Crippen LogP contribution is -2.40. The van der Waals surface area contributed by atoms with Gasteiger partial charge < -0.3 is 14.8 Å². The maximum Gasteiger partial charge on any atom is 0.333 e. The van der Waals surface area contributed by atoms with Crippen LogP contribution in [0.1, 0.15) is 59.8 Å². The van der Waals surface area contributed by atoms with Crippen LogP contribution in [0.25, 0.3) is 0 Å². The molecule has 1 heterocycles. The molecule has 1 aliphatic heterocycles. The number of likely N-dealkylation sites (N-methyl/N-ethyl adjacent to an activating group) is 1. The predicted molar refractivity (Wildman–Crippen MR) is 114 cm³/mol. The van der Waals surface area contributed by atoms with Crippen molar-refractivity contribution in [2.75, 3.05) is 12.8 Å². The van der Waals surface area contributed by atoms with Gasteiger partial charge in [0.25, 0.3) is 11.8 Å². The number of imide groups is 1. The van der Waals surface area contributed by atoms with Crippen molar-refractivity contribution in [2.45, 2.75) is 70.6 Å². The van der Waals surface area contributed by atoms with Gasteiger partial charge in [-0.1, -0.05) is 28.5 Å². The number of amides is 3. The van der Waals surface area contributed by atoms with Crippen molar-refractivity contribution in [3.63, 3.8) is 0 Å². The van der Waals surface area contributed by atoms with Crippen LogP contribution in [-0.4, -0.2) is 68.3 Å². The van der Waals surface area contributed by atoms with Crippen LogP contribution in [0.5, 0.6) is 0 Å². The second-order valence-corrected chi connectivity index (χ2v) is 11.0. The lowest BCUT2D eigenvalue weighted by Gasteiger charge is -2.26. The number of hydrogen-bond acceptors (Lipinski definition) is 8. The first-order chi connectivity index (χ1) is 13.9. The van der Waals surface area contributed by atoms with Crippen molar-refractivity contribution in [2.24, 2.45) is 5.92 Å². The number of nitrogens with zero attached hydrogens (tertiary/aromatic N) is 2. The number of carboxylic acids is 1. The molecule has 0 aromatic heterocycles. The number of aliphatic carboxylic acids is 1. The summed E-state index contributed by atoms with van der Waals surface area (Å²) in [5, 5.41) is 9.55. The van der Waals surface area contributed by atoms with E-state index in [1.54, 1.807) is 28.5 Å². The molecule has 2 atom stereocenters. The van der Waals surface area contributed by atoms with Gasteiger partial charge in [0, 0.05) is 42.7 Å². The van der Waals surface area contributed by atoms with Gasteiger partial charge in [-0.3, -0.25) is 14.4 Å². The van der Waals surface area contributed by atoms with Gasteiger partial charge in [0.05, 0.1) is 0 Å². The molecule has 1 unspecified atom stereocenters. The molecule has 0 spiro atoms. The Bertz CT molecular complexity index is 684. The van der Waals surface area contributed by atoms with Crippen LogP contribution in [0.2, 0.25) is 0 Å². The summed E-state index contributed by atoms with van der Waals surface area (Å²) in [6.45, 7) is 7.08. The Labute approximate surface area is 184 Å². The molecule has 30 heavy (non-hydrogen) atoms. The fourth-order valence-electron chi connectivity index (χ4n) is 2.48. The highest BCUT2D eigenvalue weighted by Crippen LogP contribution is 2.39. The summed E-state index contributed by atoms with van der Waals surface area (Å²) < 4.78 is -0.210. The number of hydroxylamine groups is 2. The van der Waals surface area contributed by atoms with E-state index < -0.39 is 35.7 Å². The third-order valence-corrected chi connectivity index (χ3v) is 8.12. The third-order valence-electron chi connectivity index (χ3n) is 4.69. The van der Waals surface area contributed by atoms with E-state index in [0.29, 0.717) is 23.7 Å². The van der Waals surface area contributed by atoms with Gasteiger partial charge in [0.2, 0.25) is 5.91 Å². The zero-order valence-electron chi connectivity index (χ0n) is 18.0. The highest BCUT2D eigenvalue weighted by molar-refractivity contribution is 8.77. The minimum atomic E-state index is -1.04. The van der Waals surface area contributed by atoms with Crippen LogP contribution in [0, 0.1) is 5.92 Å². The summed E-state index contributed by atoms with van der Waals surface area (Å²) in [6, 6.07) is -0.864. The van der Waals surface area contributed by atoms with E-state index in [-0.39, 0.29) is 29.9 Å². The first kappa shape index (κ1) is 26.3. The first-order valence-electron chi connectivity index (χ1n) is 9.72. The molecule has 1 aliphatic rings. The van der Waals surface area contributed by atoms with E-state index in [9.17, 15) is 24.0 Å². The maximum atomic E-state index is 12.1. The standard InChI is InChI=1S/C19H30N2O7S2/c1-12-11-15(23)21(17(12)25)28-16(24)7-6-10-29-30-19(3,4)9-8-14(22)20(5)13(2)18(26)27/h12-13H,6-11H2,1-5H3,(H,26,27)/t12?,13-/m0/s1. The molecule has 0 aliphatic carbocycles. The van der Waals surface area contributed by atoms with E-state index in [4.69, 9.17) is 9.94 Å². The van der Waals surface area contributed by atoms with Gasteiger partial charge in [0.1, 0.15) is 6.04 Å². The molecule has 0 radical (unpaired) electrons. The van der Waals surface area contributed by atoms with Crippen molar-refractivity contribution >= 4 is 51.2 Å². The normalized spacial score (nSPS) is 17.8. The van der Waals surface area contributed by atoms with E-state index >= 15 is 0 Å². The Balaban J connectivity index is 2.25. The van der Waals surface area contributed by atoms with Crippen molar-refractivity contribution in [3.8, 4) is 0 Å². The number of hydrogen-bond donors (Lipinski definition) is 1. The summed E-state index contributed by atoms with van der Waals surface area (Å²) >= 11 is 0. The summed E-state index contributed by atoms with van der Waals surface area (Å²) in [5.74, 6) is -2.65. The Morgan fingerprint density at radius 1 is 1.30 bits per heavy atom. The second-order valence-electron chi connectivity index (χ2n) is 7.88. The van der Waals surface area contributed by atoms with E-state index in [2.05, 4.69) is 0 Å². The molecule has 1 rings (SSSR count). The number of carbonyl (C=O) groups is 5. The topological polar surface area (TPSA) is 121 Å². The monoisotopic (exact) mass is 462 g/mol. The van der Waals surface area contributed by atoms with Gasteiger partial charge in [0.15, 0.2) is 0 Å². The van der Waals surface area contributed by atoms with Crippen molar-refractivity contribution in [3.05, 3.63) is 0 Å². The average Bonchev–Trinajstić information content (AvgIpc) is 2.90. The molecule has 9 nitrogen and oxygen atoms in total. The summed E-state index contributed by atoms with van der Waals surface area (Å²) in [7, 11) is 4.64. The van der Waals surface area contributed by atoms with Crippen molar-refractivity contribution in [1.82, 2.24) is 9.96 Å². The summed E-state index contributed by atoms with van der Waals surface area (Å²) in [5.41, 5.74) is 0. The SMILES string of the molecule is CC1CC(=O)N(OC(=O)CCCSSC(C)(C)CCC(=O)N(C)[C@@H](C)C(=O)O)C1=O. The molecule has 1 saturated heterocycles. The largest absolute Gasteiger partial charge is 0.480 e. The minimum Gasteiger partial charge on any atom is -0.480 e. The highest BCUT2D eigenvalue weighted by atomic mass is 33.1. The third kappa shape index (κ3) is 8.17. The molecule has 0 saturated carbocycles. The summed E-state index contributed by atoms with van der Waals surface area (Å²) in [6.07, 6.45) is 1.50. The molecule has 170 valence electrons. The quantitative estimate of drug-likeness (QED) is 0.265. The van der Waals surface area contributed by atoms with Crippen LogP contribution in [0.15, 0.2) is 0 Å². The Morgan fingerprint density at radius 2 is 1.93 bits per heavy atom. The Hall–Kier alpha value is -1.75. The fraction of sp³-hybridized carbons (Fsp3) is 0.737. The summed E-state index contributed by atoms with van der Waals surface area (Å²) in [4.78, 5) is 64.4. The zero-order chi connectivity index (χ0) is 23.1. The Morgan fingerprint density at radius 3 is 2.47 bits per heavy atom. The van der Waals surface area contributed by atoms with E-state index in [1.807, 2.05) is 13.8 Å². The van der Waals surface area contributed by atoms with Gasteiger partial charge in [-0.05, 0) is 33.6 Å². The van der Waals surface area contributed by atoms with Gasteiger partial charge in [-0.2, -0.15) is 0 Å². The van der Waals surface area contributed by atoms with Gasteiger partial charge in [-0.15, -0.1) is 5.06 Å². The molecule has 1 N–H and O–H groups in total. The minimum absolute atomic E-state index is 0.0567. The van der Waals surface area contributed by atoms with Crippen LogP contribution >= 0.6 is 21.6 Å². The van der Waals surface area contributed by atoms with Crippen LogP contribution in [-0.2, 0) is 28.8 Å². The Kier molecular flexibility index (Phi) is 10.2. The molecule has 0 aromatic carbocycles. The molecule has 11 heteroatoms. The van der Waals surface area contributed by atoms with Gasteiger partial charge >= 0.3 is 11.9 Å². The lowest BCUT2D eigenvalue weighted by molar-refractivity contribution is -0.198. The van der Waals surface area contributed by atoms with Gasteiger partial charge in [-0.25, -0.2) is 9.59 Å². The van der Waals surface area contributed by atoms with Crippen molar-refractivity contribution < 1.29 is 33.9 Å². The zero-order valence-corrected chi connectivity index (χ0v) is 19.6. The number of rotatable bonds is 12. The first-order valence-corrected chi connectivity index (χ1v) is 12.0. The number of carbonyl (C=O) groups excluding carboxylic acids is 4. The average molecular weight is 463 g/mol. The fourth-order valence-corrected chi connectivity index (χ4v) is 5.14.